The second-order valence-electron chi connectivity index (χ2n) is 2.46. The van der Waals surface area contributed by atoms with Crippen molar-refractivity contribution < 1.29 is 10.2 Å². The molecule has 0 aliphatic rings. The molecule has 0 saturated heterocycles. The molecule has 4 heteroatoms. The lowest BCUT2D eigenvalue weighted by Gasteiger charge is -2.09. The number of rotatable bonds is 2. The minimum atomic E-state index is -0.766. The van der Waals surface area contributed by atoms with Crippen molar-refractivity contribution in [2.75, 3.05) is 6.54 Å². The van der Waals surface area contributed by atoms with Crippen molar-refractivity contribution in [1.29, 1.82) is 0 Å². The summed E-state index contributed by atoms with van der Waals surface area (Å²) in [5.74, 6) is 0.0768. The highest BCUT2D eigenvalue weighted by Crippen LogP contribution is 2.25. The molecule has 1 atom stereocenters. The van der Waals surface area contributed by atoms with Crippen molar-refractivity contribution >= 4 is 11.6 Å². The van der Waals surface area contributed by atoms with Crippen LogP contribution in [-0.4, -0.2) is 16.8 Å². The van der Waals surface area contributed by atoms with Crippen molar-refractivity contribution in [3.63, 3.8) is 0 Å². The van der Waals surface area contributed by atoms with E-state index in [1.807, 2.05) is 0 Å². The van der Waals surface area contributed by atoms with Gasteiger partial charge < -0.3 is 15.9 Å². The van der Waals surface area contributed by atoms with E-state index in [0.717, 1.165) is 0 Å². The number of aliphatic hydroxyl groups is 1. The molecule has 1 aromatic carbocycles. The van der Waals surface area contributed by atoms with Gasteiger partial charge in [0, 0.05) is 12.1 Å². The van der Waals surface area contributed by atoms with Gasteiger partial charge in [0.15, 0.2) is 0 Å². The Bertz CT molecular complexity index is 278. The topological polar surface area (TPSA) is 66.5 Å². The molecule has 0 aliphatic heterocycles. The molecule has 1 aromatic rings. The van der Waals surface area contributed by atoms with E-state index in [-0.39, 0.29) is 12.3 Å². The van der Waals surface area contributed by atoms with E-state index in [1.165, 1.54) is 12.1 Å². The minimum Gasteiger partial charge on any atom is -0.508 e. The second-order valence-corrected chi connectivity index (χ2v) is 2.86. The van der Waals surface area contributed by atoms with Crippen LogP contribution in [0.1, 0.15) is 11.7 Å². The lowest BCUT2D eigenvalue weighted by molar-refractivity contribution is 0.187. The zero-order valence-electron chi connectivity index (χ0n) is 6.37. The molecule has 0 amide bonds. The maximum Gasteiger partial charge on any atom is 0.117 e. The van der Waals surface area contributed by atoms with Crippen molar-refractivity contribution in [2.24, 2.45) is 5.73 Å². The molecular weight excluding hydrogens is 178 g/mol. The summed E-state index contributed by atoms with van der Waals surface area (Å²) in [6.07, 6.45) is -0.766. The van der Waals surface area contributed by atoms with Crippen LogP contribution in [-0.2, 0) is 0 Å². The van der Waals surface area contributed by atoms with Gasteiger partial charge in [0.25, 0.3) is 0 Å². The summed E-state index contributed by atoms with van der Waals surface area (Å²) in [4.78, 5) is 0. The molecule has 0 saturated carbocycles. The minimum absolute atomic E-state index is 0.0768. The molecule has 1 rings (SSSR count). The summed E-state index contributed by atoms with van der Waals surface area (Å²) in [7, 11) is 0. The summed E-state index contributed by atoms with van der Waals surface area (Å²) in [6.45, 7) is 0.116. The summed E-state index contributed by atoms with van der Waals surface area (Å²) in [6, 6.07) is 4.38. The Balaban J connectivity index is 3.01. The molecule has 0 fully saturated rings. The zero-order valence-corrected chi connectivity index (χ0v) is 7.12. The molecule has 1 unspecified atom stereocenters. The third kappa shape index (κ3) is 1.88. The first-order valence-electron chi connectivity index (χ1n) is 3.51. The number of hydrogen-bond donors (Lipinski definition) is 3. The number of aromatic hydroxyl groups is 1. The number of phenols is 1. The van der Waals surface area contributed by atoms with E-state index in [4.69, 9.17) is 22.4 Å². The Labute approximate surface area is 75.4 Å². The fourth-order valence-electron chi connectivity index (χ4n) is 0.913. The highest BCUT2D eigenvalue weighted by Gasteiger charge is 2.09. The second kappa shape index (κ2) is 3.76. The molecule has 0 radical (unpaired) electrons. The number of halogens is 1. The van der Waals surface area contributed by atoms with Gasteiger partial charge in [-0.3, -0.25) is 0 Å². The number of aliphatic hydroxyl groups excluding tert-OH is 1. The van der Waals surface area contributed by atoms with Crippen LogP contribution in [0.5, 0.6) is 5.75 Å². The first kappa shape index (κ1) is 9.32. The number of nitrogens with two attached hydrogens (primary N) is 1. The predicted octanol–water partition coefficient (Wildman–Crippen LogP) is 1.04. The number of hydrogen-bond acceptors (Lipinski definition) is 3. The van der Waals surface area contributed by atoms with E-state index in [2.05, 4.69) is 0 Å². The van der Waals surface area contributed by atoms with Crippen LogP contribution >= 0.6 is 11.6 Å². The van der Waals surface area contributed by atoms with Crippen molar-refractivity contribution in [1.82, 2.24) is 0 Å². The molecule has 0 aliphatic carbocycles. The maximum atomic E-state index is 9.31. The smallest absolute Gasteiger partial charge is 0.117 e. The quantitative estimate of drug-likeness (QED) is 0.648. The normalized spacial score (nSPS) is 12.9. The standard InChI is InChI=1S/C8H10ClNO2/c9-7-3-5(11)1-2-6(7)8(12)4-10/h1-3,8,11-12H,4,10H2. The van der Waals surface area contributed by atoms with Crippen molar-refractivity contribution in [3.05, 3.63) is 28.8 Å². The Morgan fingerprint density at radius 2 is 2.17 bits per heavy atom. The highest BCUT2D eigenvalue weighted by atomic mass is 35.5. The monoisotopic (exact) mass is 187 g/mol. The van der Waals surface area contributed by atoms with Gasteiger partial charge in [-0.25, -0.2) is 0 Å². The van der Waals surface area contributed by atoms with Crippen LogP contribution in [0.3, 0.4) is 0 Å². The van der Waals surface area contributed by atoms with Gasteiger partial charge >= 0.3 is 0 Å². The lowest BCUT2D eigenvalue weighted by Crippen LogP contribution is -2.11. The largest absolute Gasteiger partial charge is 0.508 e. The van der Waals surface area contributed by atoms with Gasteiger partial charge in [0.2, 0.25) is 0 Å². The van der Waals surface area contributed by atoms with Gasteiger partial charge in [-0.2, -0.15) is 0 Å². The van der Waals surface area contributed by atoms with E-state index in [0.29, 0.717) is 10.6 Å². The highest BCUT2D eigenvalue weighted by molar-refractivity contribution is 6.31. The summed E-state index contributed by atoms with van der Waals surface area (Å²) >= 11 is 5.73. The summed E-state index contributed by atoms with van der Waals surface area (Å²) < 4.78 is 0. The van der Waals surface area contributed by atoms with E-state index in [9.17, 15) is 5.11 Å². The molecule has 0 aromatic heterocycles. The lowest BCUT2D eigenvalue weighted by atomic mass is 10.1. The van der Waals surface area contributed by atoms with Crippen molar-refractivity contribution in [2.45, 2.75) is 6.10 Å². The third-order valence-electron chi connectivity index (χ3n) is 1.57. The van der Waals surface area contributed by atoms with Crippen LogP contribution < -0.4 is 5.73 Å². The summed E-state index contributed by atoms with van der Waals surface area (Å²) in [5, 5.41) is 18.6. The van der Waals surface area contributed by atoms with Gasteiger partial charge in [-0.05, 0) is 12.1 Å². The average molecular weight is 188 g/mol. The van der Waals surface area contributed by atoms with Crippen LogP contribution in [0, 0.1) is 0 Å². The number of benzene rings is 1. The molecule has 0 spiro atoms. The third-order valence-corrected chi connectivity index (χ3v) is 1.89. The molecule has 3 nitrogen and oxygen atoms in total. The van der Waals surface area contributed by atoms with Crippen LogP contribution in [0.25, 0.3) is 0 Å². The Morgan fingerprint density at radius 1 is 1.50 bits per heavy atom. The van der Waals surface area contributed by atoms with Crippen LogP contribution in [0.4, 0.5) is 0 Å². The Kier molecular flexibility index (Phi) is 2.92. The molecular formula is C8H10ClNO2. The molecule has 12 heavy (non-hydrogen) atoms. The molecule has 4 N–H and O–H groups in total. The van der Waals surface area contributed by atoms with Crippen molar-refractivity contribution in [3.8, 4) is 5.75 Å². The van der Waals surface area contributed by atoms with E-state index >= 15 is 0 Å². The fraction of sp³-hybridized carbons (Fsp3) is 0.250. The van der Waals surface area contributed by atoms with E-state index in [1.54, 1.807) is 6.07 Å². The Morgan fingerprint density at radius 3 is 2.67 bits per heavy atom. The number of phenolic OH excluding ortho intramolecular Hbond substituents is 1. The zero-order chi connectivity index (χ0) is 9.14. The van der Waals surface area contributed by atoms with Crippen LogP contribution in [0.15, 0.2) is 18.2 Å². The van der Waals surface area contributed by atoms with Gasteiger partial charge in [0.05, 0.1) is 11.1 Å². The molecule has 66 valence electrons. The molecule has 0 bridgehead atoms. The molecule has 0 heterocycles. The first-order valence-corrected chi connectivity index (χ1v) is 3.89. The van der Waals surface area contributed by atoms with Crippen LogP contribution in [0.2, 0.25) is 5.02 Å². The maximum absolute atomic E-state index is 9.31. The van der Waals surface area contributed by atoms with E-state index < -0.39 is 6.10 Å². The Hall–Kier alpha value is -0.770. The fourth-order valence-corrected chi connectivity index (χ4v) is 1.21. The first-order chi connectivity index (χ1) is 5.65. The van der Waals surface area contributed by atoms with Gasteiger partial charge in [-0.1, -0.05) is 17.7 Å². The summed E-state index contributed by atoms with van der Waals surface area (Å²) in [5.41, 5.74) is 5.78. The van der Waals surface area contributed by atoms with Gasteiger partial charge in [-0.15, -0.1) is 0 Å². The average Bonchev–Trinajstić information content (AvgIpc) is 2.03. The predicted molar refractivity (Wildman–Crippen MR) is 47.1 cm³/mol. The van der Waals surface area contributed by atoms with Gasteiger partial charge in [0.1, 0.15) is 5.75 Å². The SMILES string of the molecule is NCC(O)c1ccc(O)cc1Cl.